The third-order valence-electron chi connectivity index (χ3n) is 6.95. The van der Waals surface area contributed by atoms with Gasteiger partial charge in [0, 0.05) is 49.9 Å². The van der Waals surface area contributed by atoms with Gasteiger partial charge in [-0.3, -0.25) is 9.59 Å². The minimum absolute atomic E-state index is 0.0414. The summed E-state index contributed by atoms with van der Waals surface area (Å²) in [5, 5.41) is 8.83. The molecule has 212 valence electrons. The van der Waals surface area contributed by atoms with E-state index >= 15 is 0 Å². The molecule has 10 heteroatoms. The van der Waals surface area contributed by atoms with Gasteiger partial charge in [-0.1, -0.05) is 19.9 Å². The highest BCUT2D eigenvalue weighted by atomic mass is 19.1. The Kier molecular flexibility index (Phi) is 9.52. The Balaban J connectivity index is 1.37. The number of carbonyl (C=O) groups is 2. The molecule has 1 aliphatic rings. The average Bonchev–Trinajstić information content (AvgIpc) is 2.98. The zero-order valence-corrected chi connectivity index (χ0v) is 23.5. The van der Waals surface area contributed by atoms with Crippen LogP contribution in [-0.2, 0) is 4.79 Å². The molecular formula is C30H36FN5O4. The van der Waals surface area contributed by atoms with Gasteiger partial charge in [-0.2, -0.15) is 0 Å². The van der Waals surface area contributed by atoms with Gasteiger partial charge in [0.1, 0.15) is 23.9 Å². The number of hydrogen-bond acceptors (Lipinski definition) is 7. The van der Waals surface area contributed by atoms with Gasteiger partial charge < -0.3 is 24.2 Å². The second-order valence-corrected chi connectivity index (χ2v) is 10.1. The van der Waals surface area contributed by atoms with Crippen molar-refractivity contribution in [2.75, 3.05) is 58.4 Å². The van der Waals surface area contributed by atoms with Crippen molar-refractivity contribution in [3.05, 3.63) is 66.0 Å². The predicted molar refractivity (Wildman–Crippen MR) is 151 cm³/mol. The molecule has 0 aliphatic carbocycles. The molecule has 0 unspecified atom stereocenters. The largest absolute Gasteiger partial charge is 0.497 e. The van der Waals surface area contributed by atoms with E-state index in [0.717, 1.165) is 17.8 Å². The van der Waals surface area contributed by atoms with Gasteiger partial charge in [0.2, 0.25) is 5.91 Å². The number of aromatic nitrogens is 2. The van der Waals surface area contributed by atoms with E-state index in [1.807, 2.05) is 24.3 Å². The number of methoxy groups -OCH3 is 2. The van der Waals surface area contributed by atoms with Gasteiger partial charge in [0.25, 0.3) is 5.91 Å². The van der Waals surface area contributed by atoms with Gasteiger partial charge in [0.05, 0.1) is 19.9 Å². The summed E-state index contributed by atoms with van der Waals surface area (Å²) in [5.74, 6) is 1.49. The molecule has 0 spiro atoms. The molecule has 0 saturated carbocycles. The Morgan fingerprint density at radius 1 is 0.975 bits per heavy atom. The molecule has 0 bridgehead atoms. The first-order valence-corrected chi connectivity index (χ1v) is 13.4. The molecule has 4 rings (SSSR count). The summed E-state index contributed by atoms with van der Waals surface area (Å²) in [6.45, 7) is 6.70. The maximum absolute atomic E-state index is 13.7. The van der Waals surface area contributed by atoms with Gasteiger partial charge in [-0.15, -0.1) is 10.2 Å². The fourth-order valence-corrected chi connectivity index (χ4v) is 4.57. The van der Waals surface area contributed by atoms with Crippen LogP contribution in [0.15, 0.2) is 54.6 Å². The summed E-state index contributed by atoms with van der Waals surface area (Å²) < 4.78 is 24.5. The Morgan fingerprint density at radius 2 is 1.75 bits per heavy atom. The van der Waals surface area contributed by atoms with Crippen LogP contribution in [0.3, 0.4) is 0 Å². The average molecular weight is 550 g/mol. The first-order valence-electron chi connectivity index (χ1n) is 13.4. The molecular weight excluding hydrogens is 513 g/mol. The molecule has 40 heavy (non-hydrogen) atoms. The van der Waals surface area contributed by atoms with E-state index in [1.165, 1.54) is 23.1 Å². The first-order chi connectivity index (χ1) is 19.3. The maximum atomic E-state index is 13.7. The normalized spacial score (nSPS) is 13.3. The lowest BCUT2D eigenvalue weighted by atomic mass is 10.1. The Morgan fingerprint density at radius 3 is 2.38 bits per heavy atom. The smallest absolute Gasteiger partial charge is 0.254 e. The SMILES string of the molecule is COc1ccc(-c2ccc(N3CCN(C(=O)CN(CCC(C)C)C(=O)c4cccc(F)c4)CC3)nn2)c(OC)c1. The molecule has 2 aromatic carbocycles. The maximum Gasteiger partial charge on any atom is 0.254 e. The number of anilines is 1. The first kappa shape index (κ1) is 28.8. The molecule has 0 N–H and O–H groups in total. The summed E-state index contributed by atoms with van der Waals surface area (Å²) in [6.07, 6.45) is 0.749. The summed E-state index contributed by atoms with van der Waals surface area (Å²) in [4.78, 5) is 31.7. The zero-order valence-electron chi connectivity index (χ0n) is 23.5. The molecule has 1 aliphatic heterocycles. The fraction of sp³-hybridized carbons (Fsp3) is 0.400. The van der Waals surface area contributed by atoms with Gasteiger partial charge >= 0.3 is 0 Å². The topological polar surface area (TPSA) is 88.1 Å². The van der Waals surface area contributed by atoms with Crippen molar-refractivity contribution >= 4 is 17.6 Å². The number of hydrogen-bond donors (Lipinski definition) is 0. The quantitative estimate of drug-likeness (QED) is 0.376. The summed E-state index contributed by atoms with van der Waals surface area (Å²) in [7, 11) is 3.20. The third kappa shape index (κ3) is 7.05. The number of piperazine rings is 1. The van der Waals surface area contributed by atoms with Crippen molar-refractivity contribution < 1.29 is 23.5 Å². The number of halogens is 1. The van der Waals surface area contributed by atoms with Crippen LogP contribution in [0.2, 0.25) is 0 Å². The lowest BCUT2D eigenvalue weighted by Crippen LogP contribution is -2.52. The number of carbonyl (C=O) groups excluding carboxylic acids is 2. The van der Waals surface area contributed by atoms with Crippen LogP contribution in [0.4, 0.5) is 10.2 Å². The van der Waals surface area contributed by atoms with E-state index < -0.39 is 5.82 Å². The molecule has 9 nitrogen and oxygen atoms in total. The molecule has 1 aromatic heterocycles. The van der Waals surface area contributed by atoms with Crippen LogP contribution in [0.1, 0.15) is 30.6 Å². The van der Waals surface area contributed by atoms with E-state index in [4.69, 9.17) is 9.47 Å². The zero-order chi connectivity index (χ0) is 28.6. The number of rotatable bonds is 10. The molecule has 2 amide bonds. The lowest BCUT2D eigenvalue weighted by molar-refractivity contribution is -0.132. The van der Waals surface area contributed by atoms with Gasteiger partial charge in [0.15, 0.2) is 5.82 Å². The number of nitrogens with zero attached hydrogens (tertiary/aromatic N) is 5. The standard InChI is InChI=1S/C30H36FN5O4/c1-21(2)12-13-36(30(38)22-6-5-7-23(31)18-22)20-29(37)35-16-14-34(15-17-35)28-11-10-26(32-33-28)25-9-8-24(39-3)19-27(25)40-4/h5-11,18-19,21H,12-17,20H2,1-4H3. The Bertz CT molecular complexity index is 1310. The van der Waals surface area contributed by atoms with Crippen LogP contribution < -0.4 is 14.4 Å². The van der Waals surface area contributed by atoms with Crippen LogP contribution in [0.5, 0.6) is 11.5 Å². The highest BCUT2D eigenvalue weighted by molar-refractivity contribution is 5.96. The predicted octanol–water partition coefficient (Wildman–Crippen LogP) is 4.14. The van der Waals surface area contributed by atoms with Crippen molar-refractivity contribution in [1.29, 1.82) is 0 Å². The molecule has 0 atom stereocenters. The van der Waals surface area contributed by atoms with E-state index in [9.17, 15) is 14.0 Å². The van der Waals surface area contributed by atoms with E-state index in [1.54, 1.807) is 31.3 Å². The van der Waals surface area contributed by atoms with Gasteiger partial charge in [-0.25, -0.2) is 4.39 Å². The molecule has 1 fully saturated rings. The Labute approximate surface area is 234 Å². The highest BCUT2D eigenvalue weighted by Gasteiger charge is 2.26. The van der Waals surface area contributed by atoms with Crippen LogP contribution in [-0.4, -0.2) is 85.3 Å². The molecule has 2 heterocycles. The lowest BCUT2D eigenvalue weighted by Gasteiger charge is -2.36. The molecule has 1 saturated heterocycles. The van der Waals surface area contributed by atoms with Crippen molar-refractivity contribution in [3.63, 3.8) is 0 Å². The van der Waals surface area contributed by atoms with Crippen molar-refractivity contribution in [1.82, 2.24) is 20.0 Å². The Hall–Kier alpha value is -4.21. The second kappa shape index (κ2) is 13.2. The summed E-state index contributed by atoms with van der Waals surface area (Å²) in [6, 6.07) is 14.9. The molecule has 0 radical (unpaired) electrons. The van der Waals surface area contributed by atoms with E-state index in [2.05, 4.69) is 28.9 Å². The fourth-order valence-electron chi connectivity index (χ4n) is 4.57. The highest BCUT2D eigenvalue weighted by Crippen LogP contribution is 2.32. The monoisotopic (exact) mass is 549 g/mol. The third-order valence-corrected chi connectivity index (χ3v) is 6.95. The van der Waals surface area contributed by atoms with E-state index in [0.29, 0.717) is 55.8 Å². The minimum atomic E-state index is -0.476. The summed E-state index contributed by atoms with van der Waals surface area (Å²) in [5.41, 5.74) is 1.74. The number of amides is 2. The summed E-state index contributed by atoms with van der Waals surface area (Å²) >= 11 is 0. The van der Waals surface area contributed by atoms with Crippen LogP contribution in [0.25, 0.3) is 11.3 Å². The van der Waals surface area contributed by atoms with Crippen LogP contribution >= 0.6 is 0 Å². The minimum Gasteiger partial charge on any atom is -0.497 e. The van der Waals surface area contributed by atoms with Gasteiger partial charge in [-0.05, 0) is 54.8 Å². The molecule has 3 aromatic rings. The van der Waals surface area contributed by atoms with E-state index in [-0.39, 0.29) is 23.9 Å². The van der Waals surface area contributed by atoms with Crippen molar-refractivity contribution in [2.24, 2.45) is 5.92 Å². The van der Waals surface area contributed by atoms with Crippen molar-refractivity contribution in [2.45, 2.75) is 20.3 Å². The van der Waals surface area contributed by atoms with Crippen LogP contribution in [0, 0.1) is 11.7 Å². The number of benzene rings is 2. The van der Waals surface area contributed by atoms with Crippen molar-refractivity contribution in [3.8, 4) is 22.8 Å². The second-order valence-electron chi connectivity index (χ2n) is 10.1. The number of ether oxygens (including phenoxy) is 2.